The van der Waals surface area contributed by atoms with Gasteiger partial charge in [0.05, 0.1) is 0 Å². The molecule has 0 atom stereocenters. The number of hydrogen-bond acceptors (Lipinski definition) is 3. The van der Waals surface area contributed by atoms with Crippen LogP contribution in [0.1, 0.15) is 11.1 Å². The van der Waals surface area contributed by atoms with Crippen LogP contribution in [0, 0.1) is 6.92 Å². The van der Waals surface area contributed by atoms with Gasteiger partial charge in [-0.05, 0) is 36.8 Å². The van der Waals surface area contributed by atoms with Crippen LogP contribution in [-0.2, 0) is 10.4 Å². The fraction of sp³-hybridized carbons (Fsp3) is 0.300. The first-order valence-corrected chi connectivity index (χ1v) is 10.6. The highest BCUT2D eigenvalue weighted by Crippen LogP contribution is 2.53. The van der Waals surface area contributed by atoms with Gasteiger partial charge >= 0.3 is 30.1 Å². The summed E-state index contributed by atoms with van der Waals surface area (Å²) in [4.78, 5) is 24.0. The van der Waals surface area contributed by atoms with Gasteiger partial charge < -0.3 is 15.4 Å². The van der Waals surface area contributed by atoms with Crippen molar-refractivity contribution >= 4 is 64.0 Å². The molecule has 2 aromatic carbocycles. The molecule has 0 heterocycles. The molecule has 0 fully saturated rings. The molecule has 0 saturated carbocycles. The highest BCUT2D eigenvalue weighted by Gasteiger charge is 2.73. The number of amides is 3. The topological polar surface area (TPSA) is 79.5 Å². The molecule has 2 rings (SSSR count). The number of aryl methyl sites for hydroxylation is 1. The summed E-state index contributed by atoms with van der Waals surface area (Å²) >= 11 is 16.4. The maximum absolute atomic E-state index is 14.2. The number of anilines is 3. The van der Waals surface area contributed by atoms with E-state index in [0.29, 0.717) is 12.1 Å². The van der Waals surface area contributed by atoms with Crippen molar-refractivity contribution in [1.29, 1.82) is 0 Å². The van der Waals surface area contributed by atoms with Gasteiger partial charge in [-0.3, -0.25) is 5.32 Å². The minimum atomic E-state index is -6.27. The van der Waals surface area contributed by atoms with Crippen molar-refractivity contribution in [2.24, 2.45) is 0 Å². The molecule has 0 aliphatic heterocycles. The summed E-state index contributed by atoms with van der Waals surface area (Å²) in [6.07, 6.45) is -13.5. The lowest BCUT2D eigenvalue weighted by molar-refractivity contribution is -0.348. The van der Waals surface area contributed by atoms with E-state index in [2.05, 4.69) is 20.7 Å². The van der Waals surface area contributed by atoms with Crippen LogP contribution in [0.25, 0.3) is 0 Å². The molecule has 2 aromatic rings. The van der Waals surface area contributed by atoms with Gasteiger partial charge in [0.1, 0.15) is 6.61 Å². The molecule has 0 unspecified atom stereocenters. The van der Waals surface area contributed by atoms with E-state index in [1.807, 2.05) is 0 Å². The standard InChI is InChI=1S/C20H15Cl3F7N3O3/c1-10-7-11(18(24,19(25,26)27)20(28,29)30)5-6-14(10)33-15(34)31-12-3-2-4-13(8-12)32-16(35)36-9-17(21,22)23/h2-8H,9H2,1H3,(H,32,35)(H2,31,33,34). The lowest BCUT2D eigenvalue weighted by Crippen LogP contribution is -2.50. The Morgan fingerprint density at radius 3 is 1.89 bits per heavy atom. The summed E-state index contributed by atoms with van der Waals surface area (Å²) in [6.45, 7) is 0.539. The first-order valence-electron chi connectivity index (χ1n) is 9.45. The molecule has 0 bridgehead atoms. The number of urea groups is 1. The summed E-state index contributed by atoms with van der Waals surface area (Å²) in [7, 11) is 0. The Kier molecular flexibility index (Phi) is 8.85. The average Bonchev–Trinajstić information content (AvgIpc) is 2.71. The molecule has 0 aromatic heterocycles. The van der Waals surface area contributed by atoms with E-state index in [1.54, 1.807) is 0 Å². The van der Waals surface area contributed by atoms with Gasteiger partial charge in [0.15, 0.2) is 0 Å². The third kappa shape index (κ3) is 7.43. The summed E-state index contributed by atoms with van der Waals surface area (Å²) in [5, 5.41) is 6.87. The van der Waals surface area contributed by atoms with Crippen molar-refractivity contribution in [3.05, 3.63) is 53.6 Å². The van der Waals surface area contributed by atoms with Crippen molar-refractivity contribution in [2.75, 3.05) is 22.6 Å². The number of carbonyl (C=O) groups excluding carboxylic acids is 2. The Morgan fingerprint density at radius 2 is 1.39 bits per heavy atom. The maximum atomic E-state index is 14.2. The Balaban J connectivity index is 2.12. The van der Waals surface area contributed by atoms with E-state index >= 15 is 0 Å². The van der Waals surface area contributed by atoms with E-state index in [1.165, 1.54) is 24.3 Å². The average molecular weight is 585 g/mol. The molecule has 36 heavy (non-hydrogen) atoms. The first kappa shape index (κ1) is 29.6. The zero-order chi connectivity index (χ0) is 27.5. The van der Waals surface area contributed by atoms with Crippen molar-refractivity contribution in [2.45, 2.75) is 28.7 Å². The molecular weight excluding hydrogens is 570 g/mol. The molecule has 0 saturated heterocycles. The first-order chi connectivity index (χ1) is 16.3. The summed E-state index contributed by atoms with van der Waals surface area (Å²) < 4.78 is 94.8. The molecule has 3 amide bonds. The highest BCUT2D eigenvalue weighted by molar-refractivity contribution is 6.67. The number of halogens is 10. The van der Waals surface area contributed by atoms with Crippen LogP contribution in [-0.4, -0.2) is 34.9 Å². The SMILES string of the molecule is Cc1cc(C(F)(C(F)(F)F)C(F)(F)F)ccc1NC(=O)Nc1cccc(NC(=O)OCC(Cl)(Cl)Cl)c1. The largest absolute Gasteiger partial charge is 0.445 e. The Bertz CT molecular complexity index is 1110. The predicted molar refractivity (Wildman–Crippen MR) is 120 cm³/mol. The van der Waals surface area contributed by atoms with Crippen LogP contribution in [0.3, 0.4) is 0 Å². The zero-order valence-electron chi connectivity index (χ0n) is 17.8. The predicted octanol–water partition coefficient (Wildman–Crippen LogP) is 7.85. The third-order valence-electron chi connectivity index (χ3n) is 4.39. The van der Waals surface area contributed by atoms with Crippen molar-refractivity contribution in [3.63, 3.8) is 0 Å². The number of alkyl halides is 10. The minimum absolute atomic E-state index is 0.123. The van der Waals surface area contributed by atoms with Gasteiger partial charge in [0.2, 0.25) is 3.79 Å². The molecule has 3 N–H and O–H groups in total. The lowest BCUT2D eigenvalue weighted by atomic mass is 9.92. The van der Waals surface area contributed by atoms with E-state index in [0.717, 1.165) is 6.92 Å². The second-order valence-electron chi connectivity index (χ2n) is 7.16. The third-order valence-corrected chi connectivity index (χ3v) is 4.71. The Hall–Kier alpha value is -2.64. The fourth-order valence-corrected chi connectivity index (χ4v) is 2.93. The van der Waals surface area contributed by atoms with Gasteiger partial charge in [0, 0.05) is 22.6 Å². The van der Waals surface area contributed by atoms with Crippen LogP contribution in [0.2, 0.25) is 0 Å². The van der Waals surface area contributed by atoms with E-state index in [9.17, 15) is 40.3 Å². The van der Waals surface area contributed by atoms with Gasteiger partial charge in [-0.2, -0.15) is 26.3 Å². The summed E-state index contributed by atoms with van der Waals surface area (Å²) in [6, 6.07) is 5.91. The second-order valence-corrected chi connectivity index (χ2v) is 9.68. The van der Waals surface area contributed by atoms with E-state index in [-0.39, 0.29) is 28.7 Å². The van der Waals surface area contributed by atoms with Gasteiger partial charge in [-0.15, -0.1) is 0 Å². The quantitative estimate of drug-likeness (QED) is 0.247. The number of hydrogen-bond donors (Lipinski definition) is 3. The molecule has 0 spiro atoms. The maximum Gasteiger partial charge on any atom is 0.435 e. The molecule has 0 aliphatic carbocycles. The number of rotatable bonds is 5. The molecule has 198 valence electrons. The van der Waals surface area contributed by atoms with Crippen molar-refractivity contribution in [3.8, 4) is 0 Å². The Labute approximate surface area is 214 Å². The number of benzene rings is 2. The van der Waals surface area contributed by atoms with Crippen LogP contribution < -0.4 is 16.0 Å². The van der Waals surface area contributed by atoms with Crippen LogP contribution in [0.4, 0.5) is 57.4 Å². The number of ether oxygens (including phenoxy) is 1. The highest BCUT2D eigenvalue weighted by atomic mass is 35.6. The molecule has 6 nitrogen and oxygen atoms in total. The lowest BCUT2D eigenvalue weighted by Gasteiger charge is -2.30. The normalized spacial score (nSPS) is 12.6. The number of nitrogens with one attached hydrogen (secondary N) is 3. The van der Waals surface area contributed by atoms with Crippen molar-refractivity contribution in [1.82, 2.24) is 0 Å². The molecular formula is C20H15Cl3F7N3O3. The molecule has 16 heteroatoms. The summed E-state index contributed by atoms with van der Waals surface area (Å²) in [5.74, 6) is 0. The van der Waals surface area contributed by atoms with Crippen LogP contribution in [0.15, 0.2) is 42.5 Å². The van der Waals surface area contributed by atoms with Crippen LogP contribution in [0.5, 0.6) is 0 Å². The zero-order valence-corrected chi connectivity index (χ0v) is 20.0. The summed E-state index contributed by atoms with van der Waals surface area (Å²) in [5.41, 5.74) is -7.47. The van der Waals surface area contributed by atoms with Gasteiger partial charge in [-0.25, -0.2) is 14.0 Å². The van der Waals surface area contributed by atoms with Gasteiger partial charge in [0.25, 0.3) is 0 Å². The van der Waals surface area contributed by atoms with E-state index < -0.39 is 46.1 Å². The molecule has 0 radical (unpaired) electrons. The molecule has 0 aliphatic rings. The Morgan fingerprint density at radius 1 is 0.833 bits per heavy atom. The number of carbonyl (C=O) groups is 2. The monoisotopic (exact) mass is 583 g/mol. The second kappa shape index (κ2) is 10.8. The fourth-order valence-electron chi connectivity index (χ4n) is 2.77. The smallest absolute Gasteiger partial charge is 0.435 e. The van der Waals surface area contributed by atoms with Gasteiger partial charge in [-0.1, -0.05) is 53.0 Å². The van der Waals surface area contributed by atoms with Crippen molar-refractivity contribution < 1.29 is 45.1 Å². The van der Waals surface area contributed by atoms with E-state index in [4.69, 9.17) is 34.8 Å². The van der Waals surface area contributed by atoms with Crippen LogP contribution >= 0.6 is 34.8 Å². The minimum Gasteiger partial charge on any atom is -0.445 e.